The predicted molar refractivity (Wildman–Crippen MR) is 118 cm³/mol. The minimum absolute atomic E-state index is 0.638. The Labute approximate surface area is 175 Å². The van der Waals surface area contributed by atoms with Gasteiger partial charge in [0.15, 0.2) is 0 Å². The van der Waals surface area contributed by atoms with Gasteiger partial charge in [0, 0.05) is 11.1 Å². The van der Waals surface area contributed by atoms with Gasteiger partial charge in [-0.05, 0) is 49.7 Å². The van der Waals surface area contributed by atoms with Crippen molar-refractivity contribution in [2.45, 2.75) is 97.1 Å². The smallest absolute Gasteiger partial charge is 0.204 e. The second-order valence-corrected chi connectivity index (χ2v) is 8.28. The Balaban J connectivity index is 1.68. The largest absolute Gasteiger partial charge is 0.378 e. The van der Waals surface area contributed by atoms with Gasteiger partial charge in [0.05, 0.1) is 6.54 Å². The van der Waals surface area contributed by atoms with Crippen molar-refractivity contribution in [1.29, 1.82) is 0 Å². The maximum atomic E-state index is 9.68. The zero-order valence-corrected chi connectivity index (χ0v) is 18.3. The molecule has 0 bridgehead atoms. The van der Waals surface area contributed by atoms with Crippen molar-refractivity contribution in [3.8, 4) is 23.2 Å². The SMILES string of the molecule is CCCCCCCCCCCCn1nnc(-c2ccc(C#CC(C)(C)O)cc2)n1. The molecule has 1 heterocycles. The van der Waals surface area contributed by atoms with E-state index in [1.165, 1.54) is 57.8 Å². The number of rotatable bonds is 12. The van der Waals surface area contributed by atoms with Crippen LogP contribution in [0.25, 0.3) is 11.4 Å². The fourth-order valence-corrected chi connectivity index (χ4v) is 3.12. The Bertz CT molecular complexity index is 763. The molecule has 0 saturated heterocycles. The van der Waals surface area contributed by atoms with Crippen LogP contribution < -0.4 is 0 Å². The van der Waals surface area contributed by atoms with Crippen LogP contribution in [0.5, 0.6) is 0 Å². The molecular weight excluding hydrogens is 360 g/mol. The monoisotopic (exact) mass is 396 g/mol. The number of benzene rings is 1. The highest BCUT2D eigenvalue weighted by Gasteiger charge is 2.07. The molecule has 5 nitrogen and oxygen atoms in total. The molecule has 5 heteroatoms. The molecule has 0 saturated carbocycles. The number of aryl methyl sites for hydroxylation is 1. The third kappa shape index (κ3) is 9.71. The van der Waals surface area contributed by atoms with E-state index in [4.69, 9.17) is 0 Å². The molecular formula is C24H36N4O. The summed E-state index contributed by atoms with van der Waals surface area (Å²) in [7, 11) is 0. The van der Waals surface area contributed by atoms with Crippen molar-refractivity contribution in [2.75, 3.05) is 0 Å². The lowest BCUT2D eigenvalue weighted by Gasteiger charge is -2.05. The van der Waals surface area contributed by atoms with Gasteiger partial charge in [0.1, 0.15) is 5.60 Å². The summed E-state index contributed by atoms with van der Waals surface area (Å²) in [5, 5.41) is 22.5. The number of hydrogen-bond donors (Lipinski definition) is 1. The number of tetrazole rings is 1. The van der Waals surface area contributed by atoms with Crippen molar-refractivity contribution in [3.63, 3.8) is 0 Å². The van der Waals surface area contributed by atoms with Crippen LogP contribution >= 0.6 is 0 Å². The Hall–Kier alpha value is -2.19. The van der Waals surface area contributed by atoms with E-state index < -0.39 is 5.60 Å². The number of aliphatic hydroxyl groups is 1. The molecule has 1 N–H and O–H groups in total. The summed E-state index contributed by atoms with van der Waals surface area (Å²) in [6.45, 7) is 6.42. The van der Waals surface area contributed by atoms with Gasteiger partial charge < -0.3 is 5.11 Å². The summed E-state index contributed by atoms with van der Waals surface area (Å²) in [5.74, 6) is 6.42. The Kier molecular flexibility index (Phi) is 9.87. The number of aromatic nitrogens is 4. The van der Waals surface area contributed by atoms with Crippen LogP contribution in [0.1, 0.15) is 90.5 Å². The van der Waals surface area contributed by atoms with Gasteiger partial charge in [-0.15, -0.1) is 10.2 Å². The third-order valence-corrected chi connectivity index (χ3v) is 4.82. The van der Waals surface area contributed by atoms with Crippen LogP contribution in [0.2, 0.25) is 0 Å². The number of hydrogen-bond acceptors (Lipinski definition) is 4. The summed E-state index contributed by atoms with van der Waals surface area (Å²) in [5.41, 5.74) is 0.791. The Morgan fingerprint density at radius 2 is 1.48 bits per heavy atom. The van der Waals surface area contributed by atoms with Gasteiger partial charge in [-0.1, -0.05) is 76.6 Å². The number of nitrogens with zero attached hydrogens (tertiary/aromatic N) is 4. The first kappa shape index (κ1) is 23.1. The highest BCUT2D eigenvalue weighted by Crippen LogP contribution is 2.15. The van der Waals surface area contributed by atoms with Crippen LogP contribution in [0.15, 0.2) is 24.3 Å². The van der Waals surface area contributed by atoms with E-state index in [0.29, 0.717) is 5.82 Å². The van der Waals surface area contributed by atoms with E-state index in [9.17, 15) is 5.11 Å². The van der Waals surface area contributed by atoms with E-state index in [0.717, 1.165) is 24.1 Å². The lowest BCUT2D eigenvalue weighted by Crippen LogP contribution is -2.14. The molecule has 0 atom stereocenters. The zero-order chi connectivity index (χ0) is 21.0. The molecule has 29 heavy (non-hydrogen) atoms. The van der Waals surface area contributed by atoms with Crippen molar-refractivity contribution in [3.05, 3.63) is 29.8 Å². The van der Waals surface area contributed by atoms with E-state index in [2.05, 4.69) is 34.2 Å². The van der Waals surface area contributed by atoms with Gasteiger partial charge in [0.25, 0.3) is 0 Å². The van der Waals surface area contributed by atoms with Gasteiger partial charge >= 0.3 is 0 Å². The van der Waals surface area contributed by atoms with E-state index in [-0.39, 0.29) is 0 Å². The second kappa shape index (κ2) is 12.4. The Morgan fingerprint density at radius 1 is 0.897 bits per heavy atom. The first-order valence-electron chi connectivity index (χ1n) is 11.1. The summed E-state index contributed by atoms with van der Waals surface area (Å²) >= 11 is 0. The minimum Gasteiger partial charge on any atom is -0.378 e. The molecule has 0 spiro atoms. The quantitative estimate of drug-likeness (QED) is 0.386. The highest BCUT2D eigenvalue weighted by molar-refractivity contribution is 5.55. The van der Waals surface area contributed by atoms with Crippen molar-refractivity contribution < 1.29 is 5.11 Å². The molecule has 0 fully saturated rings. The van der Waals surface area contributed by atoms with Gasteiger partial charge in [-0.2, -0.15) is 4.80 Å². The average Bonchev–Trinajstić information content (AvgIpc) is 3.16. The van der Waals surface area contributed by atoms with Crippen LogP contribution in [0, 0.1) is 11.8 Å². The fourth-order valence-electron chi connectivity index (χ4n) is 3.12. The van der Waals surface area contributed by atoms with E-state index in [1.54, 1.807) is 18.6 Å². The van der Waals surface area contributed by atoms with Crippen LogP contribution in [0.3, 0.4) is 0 Å². The summed E-state index contributed by atoms with van der Waals surface area (Å²) < 4.78 is 0. The molecule has 158 valence electrons. The molecule has 1 aromatic heterocycles. The number of unbranched alkanes of at least 4 members (excludes halogenated alkanes) is 9. The third-order valence-electron chi connectivity index (χ3n) is 4.82. The Morgan fingerprint density at radius 3 is 2.07 bits per heavy atom. The molecule has 0 radical (unpaired) electrons. The highest BCUT2D eigenvalue weighted by atomic mass is 16.3. The average molecular weight is 397 g/mol. The van der Waals surface area contributed by atoms with E-state index >= 15 is 0 Å². The molecule has 1 aromatic carbocycles. The fraction of sp³-hybridized carbons (Fsp3) is 0.625. The second-order valence-electron chi connectivity index (χ2n) is 8.28. The molecule has 2 rings (SSSR count). The zero-order valence-electron chi connectivity index (χ0n) is 18.3. The van der Waals surface area contributed by atoms with Crippen LogP contribution in [0.4, 0.5) is 0 Å². The lowest BCUT2D eigenvalue weighted by atomic mass is 10.1. The maximum Gasteiger partial charge on any atom is 0.204 e. The van der Waals surface area contributed by atoms with Crippen LogP contribution in [-0.4, -0.2) is 30.9 Å². The molecule has 0 aliphatic carbocycles. The van der Waals surface area contributed by atoms with E-state index in [1.807, 2.05) is 24.3 Å². The normalized spacial score (nSPS) is 11.3. The predicted octanol–water partition coefficient (Wildman–Crippen LogP) is 5.38. The maximum absolute atomic E-state index is 9.68. The molecule has 0 aliphatic rings. The summed E-state index contributed by atoms with van der Waals surface area (Å²) in [4.78, 5) is 1.70. The van der Waals surface area contributed by atoms with Crippen LogP contribution in [-0.2, 0) is 6.54 Å². The molecule has 0 aliphatic heterocycles. The van der Waals surface area contributed by atoms with Gasteiger partial charge in [-0.25, -0.2) is 0 Å². The minimum atomic E-state index is -0.989. The lowest BCUT2D eigenvalue weighted by molar-refractivity contribution is 0.143. The molecule has 2 aromatic rings. The first-order chi connectivity index (χ1) is 14.0. The first-order valence-corrected chi connectivity index (χ1v) is 11.1. The summed E-state index contributed by atoms with van der Waals surface area (Å²) in [6, 6.07) is 7.71. The molecule has 0 amide bonds. The standard InChI is InChI=1S/C24H36N4O/c1-4-5-6-7-8-9-10-11-12-13-20-28-26-23(25-27-28)22-16-14-21(15-17-22)18-19-24(2,3)29/h14-17,29H,4-13,20H2,1-3H3. The van der Waals surface area contributed by atoms with Gasteiger partial charge in [0.2, 0.25) is 5.82 Å². The van der Waals surface area contributed by atoms with Gasteiger partial charge in [-0.3, -0.25) is 0 Å². The topological polar surface area (TPSA) is 63.8 Å². The summed E-state index contributed by atoms with van der Waals surface area (Å²) in [6.07, 6.45) is 13.2. The van der Waals surface area contributed by atoms with Crippen molar-refractivity contribution in [1.82, 2.24) is 20.2 Å². The molecule has 0 unspecified atom stereocenters. The van der Waals surface area contributed by atoms with Crippen molar-refractivity contribution in [2.24, 2.45) is 0 Å². The van der Waals surface area contributed by atoms with Crippen molar-refractivity contribution >= 4 is 0 Å².